The van der Waals surface area contributed by atoms with Crippen molar-refractivity contribution in [2.45, 2.75) is 23.2 Å². The predicted octanol–water partition coefficient (Wildman–Crippen LogP) is 2.85. The number of rotatable bonds is 3. The lowest BCUT2D eigenvalue weighted by Crippen LogP contribution is -2.24. The van der Waals surface area contributed by atoms with E-state index in [1.54, 1.807) is 12.1 Å². The van der Waals surface area contributed by atoms with E-state index in [1.807, 2.05) is 24.3 Å². The van der Waals surface area contributed by atoms with Crippen molar-refractivity contribution in [1.82, 2.24) is 20.2 Å². The topological polar surface area (TPSA) is 72.7 Å². The Balaban J connectivity index is 1.56. The molecule has 0 fully saturated rings. The van der Waals surface area contributed by atoms with Gasteiger partial charge in [0.2, 0.25) is 11.1 Å². The van der Waals surface area contributed by atoms with Gasteiger partial charge in [-0.15, -0.1) is 5.10 Å². The van der Waals surface area contributed by atoms with Crippen LogP contribution in [0.3, 0.4) is 0 Å². The first-order valence-electron chi connectivity index (χ1n) is 7.80. The first-order chi connectivity index (χ1) is 12.2. The fraction of sp³-hybridized carbons (Fsp3) is 0.176. The molecular weight excluding hydrogens is 341 g/mol. The van der Waals surface area contributed by atoms with Gasteiger partial charge in [-0.3, -0.25) is 4.79 Å². The molecule has 0 aliphatic carbocycles. The van der Waals surface area contributed by atoms with Crippen LogP contribution in [0.2, 0.25) is 0 Å². The summed E-state index contributed by atoms with van der Waals surface area (Å²) < 4.78 is 14.6. The summed E-state index contributed by atoms with van der Waals surface area (Å²) in [5.74, 6) is -0.393. The van der Waals surface area contributed by atoms with Crippen LogP contribution in [0.1, 0.15) is 12.0 Å². The Morgan fingerprint density at radius 1 is 1.16 bits per heavy atom. The first kappa shape index (κ1) is 15.8. The number of aromatic nitrogens is 4. The molecular formula is C17H14FN5OS. The number of halogens is 1. The van der Waals surface area contributed by atoms with Crippen molar-refractivity contribution in [2.24, 2.45) is 0 Å². The van der Waals surface area contributed by atoms with E-state index in [2.05, 4.69) is 20.8 Å². The molecule has 1 aromatic heterocycles. The number of nitrogens with one attached hydrogen (secondary N) is 1. The standard InChI is InChI=1S/C17H14FN5OS/c18-12-6-8-13(9-7-12)23-17(20-21-22-23)25-15-10-5-11-3-1-2-4-14(11)19-16(15)24/h1-4,6-9,15H,5,10H2,(H,19,24)/t15-/m1/s1. The average Bonchev–Trinajstić information content (AvgIpc) is 3.02. The predicted molar refractivity (Wildman–Crippen MR) is 92.1 cm³/mol. The maximum atomic E-state index is 13.1. The molecule has 3 aromatic rings. The molecule has 4 rings (SSSR count). The molecule has 1 aliphatic rings. The number of carbonyl (C=O) groups excluding carboxylic acids is 1. The molecule has 0 saturated heterocycles. The van der Waals surface area contributed by atoms with Crippen molar-refractivity contribution in [3.63, 3.8) is 0 Å². The Hall–Kier alpha value is -2.74. The highest BCUT2D eigenvalue weighted by molar-refractivity contribution is 8.00. The third-order valence-corrected chi connectivity index (χ3v) is 5.20. The van der Waals surface area contributed by atoms with Gasteiger partial charge in [0.25, 0.3) is 0 Å². The minimum absolute atomic E-state index is 0.0661. The number of fused-ring (bicyclic) bond motifs is 1. The van der Waals surface area contributed by atoms with Gasteiger partial charge in [-0.1, -0.05) is 30.0 Å². The van der Waals surface area contributed by atoms with Crippen LogP contribution >= 0.6 is 11.8 Å². The van der Waals surface area contributed by atoms with Crippen molar-refractivity contribution in [3.05, 3.63) is 59.9 Å². The molecule has 0 spiro atoms. The van der Waals surface area contributed by atoms with Crippen LogP contribution in [-0.4, -0.2) is 31.4 Å². The highest BCUT2D eigenvalue weighted by Crippen LogP contribution is 2.31. The van der Waals surface area contributed by atoms with Crippen LogP contribution in [-0.2, 0) is 11.2 Å². The molecule has 25 heavy (non-hydrogen) atoms. The third-order valence-electron chi connectivity index (χ3n) is 4.00. The van der Waals surface area contributed by atoms with Gasteiger partial charge in [-0.25, -0.2) is 4.39 Å². The number of hydrogen-bond acceptors (Lipinski definition) is 5. The van der Waals surface area contributed by atoms with Crippen LogP contribution in [0, 0.1) is 5.82 Å². The molecule has 1 amide bonds. The molecule has 6 nitrogen and oxygen atoms in total. The van der Waals surface area contributed by atoms with E-state index in [4.69, 9.17) is 0 Å². The number of nitrogens with zero attached hydrogens (tertiary/aromatic N) is 4. The van der Waals surface area contributed by atoms with E-state index >= 15 is 0 Å². The van der Waals surface area contributed by atoms with Gasteiger partial charge in [0.15, 0.2) is 0 Å². The van der Waals surface area contributed by atoms with Crippen molar-refractivity contribution in [1.29, 1.82) is 0 Å². The van der Waals surface area contributed by atoms with Gasteiger partial charge in [0, 0.05) is 5.69 Å². The number of hydrogen-bond donors (Lipinski definition) is 1. The quantitative estimate of drug-likeness (QED) is 0.782. The van der Waals surface area contributed by atoms with Crippen molar-refractivity contribution in [2.75, 3.05) is 5.32 Å². The number of aryl methyl sites for hydroxylation is 1. The molecule has 0 radical (unpaired) electrons. The summed E-state index contributed by atoms with van der Waals surface area (Å²) in [6.07, 6.45) is 1.48. The highest BCUT2D eigenvalue weighted by Gasteiger charge is 2.26. The van der Waals surface area contributed by atoms with Crippen LogP contribution in [0.5, 0.6) is 0 Å². The number of benzene rings is 2. The van der Waals surface area contributed by atoms with E-state index in [1.165, 1.54) is 28.6 Å². The van der Waals surface area contributed by atoms with Gasteiger partial charge < -0.3 is 5.32 Å². The number of anilines is 1. The lowest BCUT2D eigenvalue weighted by molar-refractivity contribution is -0.115. The SMILES string of the molecule is O=C1Nc2ccccc2CC[C@H]1Sc1nnnn1-c1ccc(F)cc1. The molecule has 0 unspecified atom stereocenters. The van der Waals surface area contributed by atoms with Crippen LogP contribution in [0.25, 0.3) is 5.69 Å². The lowest BCUT2D eigenvalue weighted by atomic mass is 10.1. The van der Waals surface area contributed by atoms with Crippen molar-refractivity contribution >= 4 is 23.4 Å². The van der Waals surface area contributed by atoms with Crippen molar-refractivity contribution < 1.29 is 9.18 Å². The van der Waals surface area contributed by atoms with E-state index in [0.717, 1.165) is 17.7 Å². The summed E-state index contributed by atoms with van der Waals surface area (Å²) in [5, 5.41) is 14.8. The monoisotopic (exact) mass is 355 g/mol. The summed E-state index contributed by atoms with van der Waals surface area (Å²) in [6.45, 7) is 0. The number of tetrazole rings is 1. The van der Waals surface area contributed by atoms with Gasteiger partial charge in [-0.2, -0.15) is 4.68 Å². The van der Waals surface area contributed by atoms with Crippen LogP contribution in [0.4, 0.5) is 10.1 Å². The molecule has 126 valence electrons. The van der Waals surface area contributed by atoms with Gasteiger partial charge >= 0.3 is 0 Å². The zero-order chi connectivity index (χ0) is 17.2. The Labute approximate surface area is 147 Å². The van der Waals surface area contributed by atoms with E-state index < -0.39 is 0 Å². The maximum Gasteiger partial charge on any atom is 0.237 e. The Morgan fingerprint density at radius 3 is 2.80 bits per heavy atom. The molecule has 8 heteroatoms. The highest BCUT2D eigenvalue weighted by atomic mass is 32.2. The number of amides is 1. The first-order valence-corrected chi connectivity index (χ1v) is 8.68. The summed E-state index contributed by atoms with van der Waals surface area (Å²) in [6, 6.07) is 13.7. The lowest BCUT2D eigenvalue weighted by Gasteiger charge is -2.12. The number of para-hydroxylation sites is 1. The Morgan fingerprint density at radius 2 is 1.96 bits per heavy atom. The zero-order valence-electron chi connectivity index (χ0n) is 13.1. The van der Waals surface area contributed by atoms with Crippen molar-refractivity contribution in [3.8, 4) is 5.69 Å². The number of carbonyl (C=O) groups is 1. The Bertz CT molecular complexity index is 911. The van der Waals surface area contributed by atoms with Crippen LogP contribution in [0.15, 0.2) is 53.7 Å². The second-order valence-corrected chi connectivity index (χ2v) is 6.81. The molecule has 1 aliphatic heterocycles. The molecule has 1 atom stereocenters. The number of thioether (sulfide) groups is 1. The summed E-state index contributed by atoms with van der Waals surface area (Å²) in [4.78, 5) is 12.5. The normalized spacial score (nSPS) is 16.8. The zero-order valence-corrected chi connectivity index (χ0v) is 13.9. The summed E-state index contributed by atoms with van der Waals surface area (Å²) in [5.41, 5.74) is 2.62. The molecule has 1 N–H and O–H groups in total. The van der Waals surface area contributed by atoms with Gasteiger partial charge in [0.1, 0.15) is 5.82 Å². The minimum atomic E-state index is -0.327. The molecule has 2 aromatic carbocycles. The summed E-state index contributed by atoms with van der Waals surface area (Å²) >= 11 is 1.31. The maximum absolute atomic E-state index is 13.1. The van der Waals surface area contributed by atoms with E-state index in [9.17, 15) is 9.18 Å². The smallest absolute Gasteiger partial charge is 0.237 e. The van der Waals surface area contributed by atoms with Gasteiger partial charge in [-0.05, 0) is 59.2 Å². The van der Waals surface area contributed by atoms with Crippen LogP contribution < -0.4 is 5.32 Å². The van der Waals surface area contributed by atoms with Gasteiger partial charge in [0.05, 0.1) is 10.9 Å². The molecule has 0 bridgehead atoms. The second kappa shape index (κ2) is 6.64. The largest absolute Gasteiger partial charge is 0.325 e. The minimum Gasteiger partial charge on any atom is -0.325 e. The third kappa shape index (κ3) is 3.25. The molecule has 2 heterocycles. The van der Waals surface area contributed by atoms with E-state index in [0.29, 0.717) is 17.3 Å². The average molecular weight is 355 g/mol. The summed E-state index contributed by atoms with van der Waals surface area (Å²) in [7, 11) is 0. The molecule has 0 saturated carbocycles. The van der Waals surface area contributed by atoms with E-state index in [-0.39, 0.29) is 17.0 Å². The fourth-order valence-corrected chi connectivity index (χ4v) is 3.71. The Kier molecular flexibility index (Phi) is 4.19. The second-order valence-electron chi connectivity index (χ2n) is 5.64. The fourth-order valence-electron chi connectivity index (χ4n) is 2.73.